The Morgan fingerprint density at radius 2 is 2.10 bits per heavy atom. The van der Waals surface area contributed by atoms with E-state index in [-0.39, 0.29) is 36.5 Å². The lowest BCUT2D eigenvalue weighted by Crippen LogP contribution is -2.18. The van der Waals surface area contributed by atoms with Crippen molar-refractivity contribution in [2.24, 2.45) is 5.84 Å². The van der Waals surface area contributed by atoms with Crippen LogP contribution in [-0.2, 0) is 22.5 Å². The van der Waals surface area contributed by atoms with Gasteiger partial charge in [-0.25, -0.2) is 10.6 Å². The minimum atomic E-state index is -0.352. The van der Waals surface area contributed by atoms with Crippen LogP contribution in [0.4, 0.5) is 5.82 Å². The summed E-state index contributed by atoms with van der Waals surface area (Å²) in [5, 5.41) is 0. The highest BCUT2D eigenvalue weighted by Crippen LogP contribution is 2.20. The second-order valence-corrected chi connectivity index (χ2v) is 6.49. The molecule has 0 radical (unpaired) electrons. The maximum atomic E-state index is 12.5. The van der Waals surface area contributed by atoms with E-state index in [4.69, 9.17) is 15.3 Å². The Balaban J connectivity index is 1.95. The van der Waals surface area contributed by atoms with Crippen LogP contribution in [0.2, 0.25) is 0 Å². The molecule has 3 rings (SSSR count). The number of esters is 1. The summed E-state index contributed by atoms with van der Waals surface area (Å²) in [6, 6.07) is 7.52. The molecule has 0 aliphatic heterocycles. The zero-order valence-electron chi connectivity index (χ0n) is 16.4. The first-order valence-electron chi connectivity index (χ1n) is 9.30. The van der Waals surface area contributed by atoms with Gasteiger partial charge in [-0.1, -0.05) is 37.6 Å². The number of imidazole rings is 1. The number of aromatic nitrogens is 4. The predicted molar refractivity (Wildman–Crippen MR) is 108 cm³/mol. The lowest BCUT2D eigenvalue weighted by molar-refractivity contribution is -0.139. The number of anilines is 1. The van der Waals surface area contributed by atoms with Crippen molar-refractivity contribution in [3.63, 3.8) is 0 Å². The average molecular weight is 400 g/mol. The number of nitrogens with zero attached hydrogens (tertiary/aromatic N) is 3. The molecule has 0 fully saturated rings. The van der Waals surface area contributed by atoms with Crippen LogP contribution in [-0.4, -0.2) is 39.2 Å². The molecule has 154 valence electrons. The number of unbranched alkanes of at least 4 members (excludes halogenated alkanes) is 1. The highest BCUT2D eigenvalue weighted by molar-refractivity contribution is 5.83. The third-order valence-corrected chi connectivity index (χ3v) is 4.38. The van der Waals surface area contributed by atoms with Gasteiger partial charge in [0, 0.05) is 0 Å². The van der Waals surface area contributed by atoms with E-state index in [0.717, 1.165) is 24.0 Å². The monoisotopic (exact) mass is 400 g/mol. The van der Waals surface area contributed by atoms with Gasteiger partial charge in [-0.2, -0.15) is 9.97 Å². The van der Waals surface area contributed by atoms with E-state index in [9.17, 15) is 9.59 Å². The summed E-state index contributed by atoms with van der Waals surface area (Å²) in [7, 11) is 1.35. The van der Waals surface area contributed by atoms with Crippen molar-refractivity contribution < 1.29 is 14.3 Å². The normalized spacial score (nSPS) is 10.9. The number of hydrogen-bond acceptors (Lipinski definition) is 8. The maximum Gasteiger partial charge on any atom is 0.328 e. The molecule has 3 aromatic rings. The van der Waals surface area contributed by atoms with E-state index in [1.54, 1.807) is 0 Å². The number of aromatic amines is 1. The molecule has 2 heterocycles. The van der Waals surface area contributed by atoms with Gasteiger partial charge in [0.05, 0.1) is 26.7 Å². The largest absolute Gasteiger partial charge is 0.469 e. The summed E-state index contributed by atoms with van der Waals surface area (Å²) in [6.45, 7) is 2.78. The third kappa shape index (κ3) is 4.72. The number of benzene rings is 1. The molecule has 0 aliphatic rings. The number of ether oxygens (including phenoxy) is 2. The van der Waals surface area contributed by atoms with Crippen molar-refractivity contribution in [3.8, 4) is 6.01 Å². The molecular formula is C19H24N6O4. The zero-order chi connectivity index (χ0) is 20.8. The molecular weight excluding hydrogens is 376 g/mol. The molecule has 10 heteroatoms. The minimum Gasteiger partial charge on any atom is -0.469 e. The van der Waals surface area contributed by atoms with Crippen LogP contribution >= 0.6 is 0 Å². The number of hydrogen-bond donors (Lipinski definition) is 3. The van der Waals surface area contributed by atoms with Crippen LogP contribution in [0.1, 0.15) is 30.9 Å². The third-order valence-electron chi connectivity index (χ3n) is 4.38. The quantitative estimate of drug-likeness (QED) is 0.212. The first kappa shape index (κ1) is 20.3. The molecule has 0 atom stereocenters. The van der Waals surface area contributed by atoms with Gasteiger partial charge in [-0.3, -0.25) is 9.36 Å². The van der Waals surface area contributed by atoms with Crippen molar-refractivity contribution in [2.75, 3.05) is 19.1 Å². The van der Waals surface area contributed by atoms with Crippen LogP contribution in [0.5, 0.6) is 6.01 Å². The van der Waals surface area contributed by atoms with E-state index in [1.807, 2.05) is 24.3 Å². The van der Waals surface area contributed by atoms with Gasteiger partial charge in [-0.05, 0) is 17.5 Å². The number of hydrazine groups is 1. The predicted octanol–water partition coefficient (Wildman–Crippen LogP) is 1.35. The molecule has 1 aromatic carbocycles. The molecule has 2 aromatic heterocycles. The summed E-state index contributed by atoms with van der Waals surface area (Å²) in [5.41, 5.74) is 4.53. The highest BCUT2D eigenvalue weighted by Gasteiger charge is 2.16. The van der Waals surface area contributed by atoms with Gasteiger partial charge in [0.25, 0.3) is 0 Å². The number of nitrogens with two attached hydrogens (primary N) is 1. The summed E-state index contributed by atoms with van der Waals surface area (Å²) < 4.78 is 11.8. The number of nitrogen functional groups attached to an aromatic ring is 1. The Morgan fingerprint density at radius 3 is 2.83 bits per heavy atom. The topological polar surface area (TPSA) is 137 Å². The lowest BCUT2D eigenvalue weighted by atomic mass is 10.1. The molecule has 0 amide bonds. The number of carbonyl (C=O) groups is 1. The maximum absolute atomic E-state index is 12.5. The molecule has 0 aliphatic carbocycles. The molecule has 0 unspecified atom stereocenters. The number of rotatable bonds is 9. The minimum absolute atomic E-state index is 0.145. The molecule has 0 spiro atoms. The summed E-state index contributed by atoms with van der Waals surface area (Å²) in [5.74, 6) is 5.51. The van der Waals surface area contributed by atoms with E-state index in [2.05, 4.69) is 27.3 Å². The second-order valence-electron chi connectivity index (χ2n) is 6.49. The van der Waals surface area contributed by atoms with E-state index in [0.29, 0.717) is 17.8 Å². The average Bonchev–Trinajstić information content (AvgIpc) is 3.03. The molecule has 0 saturated heterocycles. The number of methoxy groups -OCH3 is 1. The number of H-pyrrole nitrogens is 1. The fourth-order valence-electron chi connectivity index (χ4n) is 2.89. The zero-order valence-corrected chi connectivity index (χ0v) is 16.4. The molecule has 4 N–H and O–H groups in total. The van der Waals surface area contributed by atoms with Crippen LogP contribution in [0.3, 0.4) is 0 Å². The van der Waals surface area contributed by atoms with Crippen molar-refractivity contribution in [3.05, 3.63) is 45.9 Å². The number of carbonyl (C=O) groups excluding carboxylic acids is 1. The molecule has 0 saturated carbocycles. The van der Waals surface area contributed by atoms with E-state index < -0.39 is 0 Å². The number of fused-ring (bicyclic) bond motifs is 1. The Bertz CT molecular complexity index is 1060. The Labute approximate surface area is 167 Å². The Hall–Kier alpha value is -3.40. The highest BCUT2D eigenvalue weighted by atomic mass is 16.5. The van der Waals surface area contributed by atoms with Crippen LogP contribution in [0.25, 0.3) is 11.2 Å². The Kier molecular flexibility index (Phi) is 6.45. The molecule has 10 nitrogen and oxygen atoms in total. The lowest BCUT2D eigenvalue weighted by Gasteiger charge is -2.09. The van der Waals surface area contributed by atoms with Gasteiger partial charge in [0.15, 0.2) is 11.5 Å². The van der Waals surface area contributed by atoms with Crippen molar-refractivity contribution >= 4 is 23.0 Å². The van der Waals surface area contributed by atoms with Crippen molar-refractivity contribution in [1.29, 1.82) is 0 Å². The molecule has 0 bridgehead atoms. The summed E-state index contributed by atoms with van der Waals surface area (Å²) >= 11 is 0. The first-order valence-corrected chi connectivity index (χ1v) is 9.30. The van der Waals surface area contributed by atoms with E-state index >= 15 is 0 Å². The van der Waals surface area contributed by atoms with Crippen LogP contribution in [0, 0.1) is 0 Å². The Morgan fingerprint density at radius 1 is 1.31 bits per heavy atom. The fourth-order valence-corrected chi connectivity index (χ4v) is 2.89. The van der Waals surface area contributed by atoms with Crippen molar-refractivity contribution in [2.45, 2.75) is 32.7 Å². The first-order chi connectivity index (χ1) is 14.0. The molecule has 29 heavy (non-hydrogen) atoms. The van der Waals surface area contributed by atoms with Gasteiger partial charge in [0.1, 0.15) is 5.52 Å². The van der Waals surface area contributed by atoms with Crippen LogP contribution in [0.15, 0.2) is 29.1 Å². The van der Waals surface area contributed by atoms with E-state index in [1.165, 1.54) is 11.7 Å². The van der Waals surface area contributed by atoms with Gasteiger partial charge in [0.2, 0.25) is 0 Å². The summed E-state index contributed by atoms with van der Waals surface area (Å²) in [4.78, 5) is 35.4. The number of nitrogens with one attached hydrogen (secondary N) is 2. The SMILES string of the molecule is CCCCOc1nc(NN)c2[nH]c(=O)n(Cc3cccc(CC(=O)OC)c3)c2n1. The van der Waals surface area contributed by atoms with Gasteiger partial charge < -0.3 is 19.9 Å². The van der Waals surface area contributed by atoms with Crippen molar-refractivity contribution in [1.82, 2.24) is 19.5 Å². The second kappa shape index (κ2) is 9.20. The van der Waals surface area contributed by atoms with Crippen LogP contribution < -0.4 is 21.7 Å². The standard InChI is InChI=1S/C19H24N6O4/c1-3-4-8-29-18-22-16(24-20)15-17(23-18)25(19(27)21-15)11-13-7-5-6-12(9-13)10-14(26)28-2/h5-7,9H,3-4,8,10-11,20H2,1-2H3,(H,21,27)(H,22,23,24). The van der Waals surface area contributed by atoms with Gasteiger partial charge >= 0.3 is 17.7 Å². The smallest absolute Gasteiger partial charge is 0.328 e. The summed E-state index contributed by atoms with van der Waals surface area (Å²) in [6.07, 6.45) is 1.99. The van der Waals surface area contributed by atoms with Gasteiger partial charge in [-0.15, -0.1) is 0 Å². The fraction of sp³-hybridized carbons (Fsp3) is 0.368.